The third kappa shape index (κ3) is 6.16. The minimum absolute atomic E-state index is 0.0674. The van der Waals surface area contributed by atoms with Gasteiger partial charge in [0.2, 0.25) is 5.91 Å². The molecule has 0 saturated heterocycles. The summed E-state index contributed by atoms with van der Waals surface area (Å²) in [6.07, 6.45) is 0. The van der Waals surface area contributed by atoms with Crippen molar-refractivity contribution in [3.63, 3.8) is 0 Å². The van der Waals surface area contributed by atoms with E-state index in [1.54, 1.807) is 0 Å². The van der Waals surface area contributed by atoms with Crippen molar-refractivity contribution < 1.29 is 4.79 Å². The van der Waals surface area contributed by atoms with E-state index in [2.05, 4.69) is 37.6 Å². The Kier molecular flexibility index (Phi) is 7.82. The van der Waals surface area contributed by atoms with E-state index in [1.165, 1.54) is 5.56 Å². The molecule has 1 rings (SSSR count). The Balaban J connectivity index is 2.73. The fourth-order valence-corrected chi connectivity index (χ4v) is 2.24. The minimum atomic E-state index is -0.0674. The van der Waals surface area contributed by atoms with Crippen LogP contribution in [-0.2, 0) is 11.3 Å². The lowest BCUT2D eigenvalue weighted by atomic mass is 10.2. The SMILES string of the molecule is CCNC(=O)CN=C(NCC)N(C)Cc1ccccc1Br. The molecule has 0 radical (unpaired) electrons. The molecule has 2 N–H and O–H groups in total. The standard InChI is InChI=1S/C15H23BrN4O/c1-4-17-14(21)10-19-15(18-5-2)20(3)11-12-8-6-7-9-13(12)16/h6-9H,4-5,10-11H2,1-3H3,(H,17,21)(H,18,19). The van der Waals surface area contributed by atoms with Crippen molar-refractivity contribution in [1.82, 2.24) is 15.5 Å². The first-order chi connectivity index (χ1) is 10.1. The Morgan fingerprint density at radius 2 is 1.90 bits per heavy atom. The number of hydrogen-bond acceptors (Lipinski definition) is 2. The van der Waals surface area contributed by atoms with E-state index >= 15 is 0 Å². The van der Waals surface area contributed by atoms with Gasteiger partial charge in [-0.3, -0.25) is 4.79 Å². The molecule has 21 heavy (non-hydrogen) atoms. The molecule has 116 valence electrons. The summed E-state index contributed by atoms with van der Waals surface area (Å²) in [5, 5.41) is 5.94. The van der Waals surface area contributed by atoms with Gasteiger partial charge in [-0.05, 0) is 25.5 Å². The smallest absolute Gasteiger partial charge is 0.241 e. The van der Waals surface area contributed by atoms with Crippen LogP contribution in [-0.4, -0.2) is 43.4 Å². The van der Waals surface area contributed by atoms with Gasteiger partial charge in [0.05, 0.1) is 0 Å². The second-order valence-electron chi connectivity index (χ2n) is 4.57. The molecular formula is C15H23BrN4O. The largest absolute Gasteiger partial charge is 0.357 e. The summed E-state index contributed by atoms with van der Waals surface area (Å²) in [4.78, 5) is 17.9. The highest BCUT2D eigenvalue weighted by molar-refractivity contribution is 9.10. The van der Waals surface area contributed by atoms with Crippen LogP contribution in [0.2, 0.25) is 0 Å². The summed E-state index contributed by atoms with van der Waals surface area (Å²) < 4.78 is 1.07. The van der Waals surface area contributed by atoms with Crippen molar-refractivity contribution in [2.24, 2.45) is 4.99 Å². The van der Waals surface area contributed by atoms with Gasteiger partial charge in [0, 0.05) is 31.2 Å². The molecule has 0 unspecified atom stereocenters. The fraction of sp³-hybridized carbons (Fsp3) is 0.467. The molecule has 6 heteroatoms. The average Bonchev–Trinajstić information content (AvgIpc) is 2.46. The monoisotopic (exact) mass is 354 g/mol. The predicted octanol–water partition coefficient (Wildman–Crippen LogP) is 1.98. The van der Waals surface area contributed by atoms with Crippen LogP contribution in [0.25, 0.3) is 0 Å². The van der Waals surface area contributed by atoms with E-state index in [4.69, 9.17) is 0 Å². The topological polar surface area (TPSA) is 56.7 Å². The second kappa shape index (κ2) is 9.39. The van der Waals surface area contributed by atoms with Crippen LogP contribution in [0.3, 0.4) is 0 Å². The molecule has 1 amide bonds. The minimum Gasteiger partial charge on any atom is -0.357 e. The number of hydrogen-bond donors (Lipinski definition) is 2. The highest BCUT2D eigenvalue weighted by Gasteiger charge is 2.09. The molecule has 0 heterocycles. The number of likely N-dealkylation sites (N-methyl/N-ethyl adjacent to an activating group) is 1. The van der Waals surface area contributed by atoms with Gasteiger partial charge in [-0.1, -0.05) is 34.1 Å². The summed E-state index contributed by atoms with van der Waals surface area (Å²) in [5.74, 6) is 0.654. The Labute approximate surface area is 134 Å². The van der Waals surface area contributed by atoms with E-state index in [0.29, 0.717) is 13.1 Å². The first-order valence-corrected chi connectivity index (χ1v) is 7.87. The van der Waals surface area contributed by atoms with Crippen LogP contribution in [0.4, 0.5) is 0 Å². The number of benzene rings is 1. The Morgan fingerprint density at radius 3 is 2.52 bits per heavy atom. The number of carbonyl (C=O) groups excluding carboxylic acids is 1. The second-order valence-corrected chi connectivity index (χ2v) is 5.43. The Bertz CT molecular complexity index is 490. The number of rotatable bonds is 6. The molecule has 1 aromatic carbocycles. The maximum Gasteiger partial charge on any atom is 0.241 e. The number of nitrogens with one attached hydrogen (secondary N) is 2. The molecule has 0 saturated carbocycles. The first kappa shape index (κ1) is 17.5. The molecule has 0 bridgehead atoms. The van der Waals surface area contributed by atoms with Crippen LogP contribution in [0.1, 0.15) is 19.4 Å². The van der Waals surface area contributed by atoms with Crippen LogP contribution in [0.5, 0.6) is 0 Å². The van der Waals surface area contributed by atoms with Gasteiger partial charge >= 0.3 is 0 Å². The van der Waals surface area contributed by atoms with Crippen LogP contribution < -0.4 is 10.6 Å². The highest BCUT2D eigenvalue weighted by atomic mass is 79.9. The van der Waals surface area contributed by atoms with Crippen molar-refractivity contribution >= 4 is 27.8 Å². The lowest BCUT2D eigenvalue weighted by molar-refractivity contribution is -0.119. The summed E-state index contributed by atoms with van der Waals surface area (Å²) in [7, 11) is 1.96. The van der Waals surface area contributed by atoms with E-state index < -0.39 is 0 Å². The van der Waals surface area contributed by atoms with Gasteiger partial charge in [0.25, 0.3) is 0 Å². The van der Waals surface area contributed by atoms with Crippen molar-refractivity contribution in [3.8, 4) is 0 Å². The van der Waals surface area contributed by atoms with E-state index in [1.807, 2.05) is 44.0 Å². The van der Waals surface area contributed by atoms with E-state index in [0.717, 1.165) is 17.0 Å². The zero-order valence-electron chi connectivity index (χ0n) is 12.8. The highest BCUT2D eigenvalue weighted by Crippen LogP contribution is 2.17. The maximum absolute atomic E-state index is 11.5. The number of guanidine groups is 1. The molecule has 5 nitrogen and oxygen atoms in total. The van der Waals surface area contributed by atoms with Gasteiger partial charge in [0.15, 0.2) is 5.96 Å². The molecule has 0 fully saturated rings. The zero-order valence-corrected chi connectivity index (χ0v) is 14.4. The third-order valence-electron chi connectivity index (χ3n) is 2.81. The van der Waals surface area contributed by atoms with Gasteiger partial charge in [-0.25, -0.2) is 4.99 Å². The molecule has 0 atom stereocenters. The maximum atomic E-state index is 11.5. The fourth-order valence-electron chi connectivity index (χ4n) is 1.83. The third-order valence-corrected chi connectivity index (χ3v) is 3.58. The molecule has 0 aromatic heterocycles. The molecular weight excluding hydrogens is 332 g/mol. The zero-order chi connectivity index (χ0) is 15.7. The Morgan fingerprint density at radius 1 is 1.24 bits per heavy atom. The first-order valence-electron chi connectivity index (χ1n) is 7.08. The summed E-state index contributed by atoms with van der Waals surface area (Å²) >= 11 is 3.54. The van der Waals surface area contributed by atoms with Crippen molar-refractivity contribution in [2.75, 3.05) is 26.7 Å². The summed E-state index contributed by atoms with van der Waals surface area (Å²) in [6.45, 7) is 6.13. The predicted molar refractivity (Wildman–Crippen MR) is 90.3 cm³/mol. The van der Waals surface area contributed by atoms with E-state index in [-0.39, 0.29) is 12.5 Å². The lowest BCUT2D eigenvalue weighted by Gasteiger charge is -2.22. The van der Waals surface area contributed by atoms with Crippen molar-refractivity contribution in [1.29, 1.82) is 0 Å². The number of amides is 1. The normalized spacial score (nSPS) is 11.1. The number of carbonyl (C=O) groups is 1. The molecule has 0 aliphatic rings. The van der Waals surface area contributed by atoms with Gasteiger partial charge in [-0.2, -0.15) is 0 Å². The lowest BCUT2D eigenvalue weighted by Crippen LogP contribution is -2.39. The number of nitrogens with zero attached hydrogens (tertiary/aromatic N) is 2. The van der Waals surface area contributed by atoms with Crippen molar-refractivity contribution in [2.45, 2.75) is 20.4 Å². The van der Waals surface area contributed by atoms with E-state index in [9.17, 15) is 4.79 Å². The van der Waals surface area contributed by atoms with Crippen LogP contribution in [0, 0.1) is 0 Å². The number of aliphatic imine (C=N–C) groups is 1. The van der Waals surface area contributed by atoms with Crippen molar-refractivity contribution in [3.05, 3.63) is 34.3 Å². The Hall–Kier alpha value is -1.56. The van der Waals surface area contributed by atoms with Gasteiger partial charge in [0.1, 0.15) is 6.54 Å². The number of halogens is 1. The molecule has 0 spiro atoms. The molecule has 0 aliphatic carbocycles. The average molecular weight is 355 g/mol. The summed E-state index contributed by atoms with van der Waals surface area (Å²) in [6, 6.07) is 8.07. The summed E-state index contributed by atoms with van der Waals surface area (Å²) in [5.41, 5.74) is 1.17. The van der Waals surface area contributed by atoms with Gasteiger partial charge < -0.3 is 15.5 Å². The molecule has 0 aliphatic heterocycles. The van der Waals surface area contributed by atoms with Gasteiger partial charge in [-0.15, -0.1) is 0 Å². The van der Waals surface area contributed by atoms with Crippen LogP contribution >= 0.6 is 15.9 Å². The van der Waals surface area contributed by atoms with Crippen LogP contribution in [0.15, 0.2) is 33.7 Å². The molecule has 1 aromatic rings. The quantitative estimate of drug-likeness (QED) is 0.606.